The van der Waals surface area contributed by atoms with Crippen molar-refractivity contribution < 1.29 is 23.9 Å². The van der Waals surface area contributed by atoms with E-state index in [9.17, 15) is 14.4 Å². The van der Waals surface area contributed by atoms with Crippen molar-refractivity contribution in [1.82, 2.24) is 9.97 Å². The molecule has 1 aliphatic carbocycles. The Morgan fingerprint density at radius 3 is 2.69 bits per heavy atom. The Kier molecular flexibility index (Phi) is 6.58. The zero-order chi connectivity index (χ0) is 21.0. The van der Waals surface area contributed by atoms with Gasteiger partial charge in [-0.2, -0.15) is 0 Å². The molecule has 9 heteroatoms. The van der Waals surface area contributed by atoms with Gasteiger partial charge in [0.25, 0.3) is 5.91 Å². The number of nitrogens with one attached hydrogen (secondary N) is 1. The van der Waals surface area contributed by atoms with Crippen LogP contribution in [-0.4, -0.2) is 41.0 Å². The van der Waals surface area contributed by atoms with Crippen LogP contribution in [0.5, 0.6) is 0 Å². The molecule has 1 aliphatic rings. The number of ether oxygens (including phenoxy) is 2. The first-order valence-corrected chi connectivity index (χ1v) is 10.3. The van der Waals surface area contributed by atoms with Gasteiger partial charge in [0, 0.05) is 11.1 Å². The summed E-state index contributed by atoms with van der Waals surface area (Å²) in [4.78, 5) is 45.8. The van der Waals surface area contributed by atoms with Gasteiger partial charge in [-0.1, -0.05) is 6.92 Å². The van der Waals surface area contributed by atoms with Crippen molar-refractivity contribution >= 4 is 34.2 Å². The molecule has 0 fully saturated rings. The summed E-state index contributed by atoms with van der Waals surface area (Å²) >= 11 is 1.38. The monoisotopic (exact) mass is 417 g/mol. The van der Waals surface area contributed by atoms with Crippen molar-refractivity contribution in [3.63, 3.8) is 0 Å². The first kappa shape index (κ1) is 20.9. The smallest absolute Gasteiger partial charge is 0.359 e. The Balaban J connectivity index is 1.70. The molecule has 154 valence electrons. The molecular formula is C20H23N3O5S. The van der Waals surface area contributed by atoms with E-state index in [2.05, 4.69) is 22.2 Å². The molecule has 2 aromatic heterocycles. The molecule has 8 nitrogen and oxygen atoms in total. The van der Waals surface area contributed by atoms with Crippen molar-refractivity contribution in [3.8, 4) is 0 Å². The van der Waals surface area contributed by atoms with Crippen molar-refractivity contribution in [2.45, 2.75) is 40.0 Å². The summed E-state index contributed by atoms with van der Waals surface area (Å²) in [5, 5.41) is 3.15. The van der Waals surface area contributed by atoms with E-state index < -0.39 is 24.5 Å². The Labute approximate surface area is 172 Å². The number of amides is 1. The molecule has 29 heavy (non-hydrogen) atoms. The predicted octanol–water partition coefficient (Wildman–Crippen LogP) is 2.94. The van der Waals surface area contributed by atoms with Crippen molar-refractivity contribution in [1.29, 1.82) is 0 Å². The number of thiophene rings is 1. The lowest BCUT2D eigenvalue weighted by Crippen LogP contribution is -2.22. The topological polar surface area (TPSA) is 107 Å². The lowest BCUT2D eigenvalue weighted by molar-refractivity contribution is -0.119. The average molecular weight is 417 g/mol. The van der Waals surface area contributed by atoms with Gasteiger partial charge in [0.1, 0.15) is 5.00 Å². The molecule has 3 rings (SSSR count). The quantitative estimate of drug-likeness (QED) is 0.720. The third-order valence-corrected chi connectivity index (χ3v) is 5.74. The molecule has 1 atom stereocenters. The molecule has 0 unspecified atom stereocenters. The van der Waals surface area contributed by atoms with Crippen LogP contribution in [0.25, 0.3) is 0 Å². The van der Waals surface area contributed by atoms with Crippen molar-refractivity contribution in [2.24, 2.45) is 5.92 Å². The number of esters is 2. The highest BCUT2D eigenvalue weighted by molar-refractivity contribution is 7.17. The molecule has 0 bridgehead atoms. The number of aromatic nitrogens is 2. The normalized spacial score (nSPS) is 15.3. The molecule has 1 amide bonds. The van der Waals surface area contributed by atoms with Gasteiger partial charge in [-0.25, -0.2) is 14.6 Å². The second-order valence-electron chi connectivity index (χ2n) is 6.94. The Morgan fingerprint density at radius 1 is 1.21 bits per heavy atom. The van der Waals surface area contributed by atoms with Crippen LogP contribution in [0.2, 0.25) is 0 Å². The largest absolute Gasteiger partial charge is 0.462 e. The zero-order valence-corrected chi connectivity index (χ0v) is 17.4. The van der Waals surface area contributed by atoms with Crippen LogP contribution in [0.3, 0.4) is 0 Å². The van der Waals surface area contributed by atoms with E-state index in [4.69, 9.17) is 9.47 Å². The SMILES string of the molecule is CCOC(=O)c1c(NC(=O)COC(=O)c2cnc(C)cn2)sc2c1CC[C@@H](C)C2. The van der Waals surface area contributed by atoms with Gasteiger partial charge in [-0.15, -0.1) is 11.3 Å². The Hall–Kier alpha value is -2.81. The Morgan fingerprint density at radius 2 is 2.00 bits per heavy atom. The summed E-state index contributed by atoms with van der Waals surface area (Å²) in [6.45, 7) is 5.42. The van der Waals surface area contributed by atoms with E-state index in [1.165, 1.54) is 23.7 Å². The zero-order valence-electron chi connectivity index (χ0n) is 16.6. The number of aryl methyl sites for hydroxylation is 1. The average Bonchev–Trinajstić information content (AvgIpc) is 3.03. The lowest BCUT2D eigenvalue weighted by Gasteiger charge is -2.18. The van der Waals surface area contributed by atoms with Gasteiger partial charge in [-0.3, -0.25) is 9.78 Å². The maximum Gasteiger partial charge on any atom is 0.359 e. The number of hydrogen-bond donors (Lipinski definition) is 1. The summed E-state index contributed by atoms with van der Waals surface area (Å²) in [6.07, 6.45) is 5.36. The van der Waals surface area contributed by atoms with Crippen LogP contribution >= 0.6 is 11.3 Å². The fourth-order valence-electron chi connectivity index (χ4n) is 3.12. The molecule has 2 aromatic rings. The second kappa shape index (κ2) is 9.13. The van der Waals surface area contributed by atoms with E-state index in [-0.39, 0.29) is 12.3 Å². The number of nitrogens with zero attached hydrogens (tertiary/aromatic N) is 2. The van der Waals surface area contributed by atoms with Gasteiger partial charge in [0.2, 0.25) is 0 Å². The first-order valence-electron chi connectivity index (χ1n) is 9.46. The third kappa shape index (κ3) is 4.97. The van der Waals surface area contributed by atoms with Crippen LogP contribution in [-0.2, 0) is 27.1 Å². The molecule has 0 aliphatic heterocycles. The van der Waals surface area contributed by atoms with E-state index >= 15 is 0 Å². The Bertz CT molecular complexity index is 923. The van der Waals surface area contributed by atoms with Crippen LogP contribution in [0.1, 0.15) is 57.2 Å². The number of carbonyl (C=O) groups excluding carboxylic acids is 3. The molecule has 0 aromatic carbocycles. The maximum atomic E-state index is 12.5. The highest BCUT2D eigenvalue weighted by atomic mass is 32.1. The van der Waals surface area contributed by atoms with Gasteiger partial charge in [0.15, 0.2) is 12.3 Å². The summed E-state index contributed by atoms with van der Waals surface area (Å²) in [5.74, 6) is -1.19. The minimum Gasteiger partial charge on any atom is -0.462 e. The van der Waals surface area contributed by atoms with E-state index in [0.29, 0.717) is 22.2 Å². The summed E-state index contributed by atoms with van der Waals surface area (Å²) in [7, 11) is 0. The number of fused-ring (bicyclic) bond motifs is 1. The second-order valence-corrected chi connectivity index (χ2v) is 8.05. The number of carbonyl (C=O) groups is 3. The summed E-state index contributed by atoms with van der Waals surface area (Å²) < 4.78 is 10.2. The minimum atomic E-state index is -0.738. The fourth-order valence-corrected chi connectivity index (χ4v) is 4.54. The fraction of sp³-hybridized carbons (Fsp3) is 0.450. The molecule has 1 N–H and O–H groups in total. The predicted molar refractivity (Wildman–Crippen MR) is 107 cm³/mol. The number of anilines is 1. The molecule has 0 radical (unpaired) electrons. The number of hydrogen-bond acceptors (Lipinski definition) is 8. The standard InChI is InChI=1S/C20H23N3O5S/c1-4-27-20(26)17-13-6-5-11(2)7-15(13)29-18(17)23-16(24)10-28-19(25)14-9-21-12(3)8-22-14/h8-9,11H,4-7,10H2,1-3H3,(H,23,24)/t11-/m1/s1. The van der Waals surface area contributed by atoms with Gasteiger partial charge < -0.3 is 14.8 Å². The van der Waals surface area contributed by atoms with Gasteiger partial charge >= 0.3 is 11.9 Å². The van der Waals surface area contributed by atoms with Crippen molar-refractivity contribution in [3.05, 3.63) is 39.8 Å². The molecule has 2 heterocycles. The first-order chi connectivity index (χ1) is 13.9. The van der Waals surface area contributed by atoms with E-state index in [1.807, 2.05) is 0 Å². The van der Waals surface area contributed by atoms with Gasteiger partial charge in [-0.05, 0) is 44.6 Å². The van der Waals surface area contributed by atoms with Gasteiger partial charge in [0.05, 0.1) is 24.1 Å². The van der Waals surface area contributed by atoms with Crippen LogP contribution in [0, 0.1) is 12.8 Å². The lowest BCUT2D eigenvalue weighted by atomic mass is 9.88. The summed E-state index contributed by atoms with van der Waals surface area (Å²) in [5.41, 5.74) is 2.06. The van der Waals surface area contributed by atoms with Crippen LogP contribution in [0.15, 0.2) is 12.4 Å². The van der Waals surface area contributed by atoms with E-state index in [1.54, 1.807) is 13.8 Å². The van der Waals surface area contributed by atoms with Crippen LogP contribution in [0.4, 0.5) is 5.00 Å². The minimum absolute atomic E-state index is 0.0242. The van der Waals surface area contributed by atoms with Crippen molar-refractivity contribution in [2.75, 3.05) is 18.5 Å². The maximum absolute atomic E-state index is 12.5. The number of rotatable bonds is 6. The summed E-state index contributed by atoms with van der Waals surface area (Å²) in [6, 6.07) is 0. The molecular weight excluding hydrogens is 394 g/mol. The molecule has 0 saturated heterocycles. The highest BCUT2D eigenvalue weighted by Gasteiger charge is 2.29. The molecule has 0 saturated carbocycles. The van der Waals surface area contributed by atoms with Crippen LogP contribution < -0.4 is 5.32 Å². The molecule has 0 spiro atoms. The van der Waals surface area contributed by atoms with E-state index in [0.717, 1.165) is 29.7 Å². The highest BCUT2D eigenvalue weighted by Crippen LogP contribution is 2.40. The third-order valence-electron chi connectivity index (χ3n) is 4.57.